The second kappa shape index (κ2) is 6.31. The second-order valence-electron chi connectivity index (χ2n) is 6.77. The molecular weight excluding hydrogens is 272 g/mol. The van der Waals surface area contributed by atoms with Gasteiger partial charge in [-0.25, -0.2) is 4.98 Å². The van der Waals surface area contributed by atoms with E-state index in [2.05, 4.69) is 30.7 Å². The van der Waals surface area contributed by atoms with Crippen LogP contribution in [0.25, 0.3) is 0 Å². The van der Waals surface area contributed by atoms with Crippen molar-refractivity contribution < 1.29 is 5.11 Å². The van der Waals surface area contributed by atoms with Crippen molar-refractivity contribution in [3.63, 3.8) is 0 Å². The molecule has 0 aromatic carbocycles. The molecule has 4 heteroatoms. The van der Waals surface area contributed by atoms with Crippen LogP contribution < -0.4 is 4.90 Å². The van der Waals surface area contributed by atoms with Crippen LogP contribution in [0.3, 0.4) is 0 Å². The summed E-state index contributed by atoms with van der Waals surface area (Å²) in [6.45, 7) is 9.02. The van der Waals surface area contributed by atoms with Crippen molar-refractivity contribution in [3.05, 3.63) is 22.8 Å². The van der Waals surface area contributed by atoms with Gasteiger partial charge >= 0.3 is 0 Å². The Balaban J connectivity index is 2.11. The topological polar surface area (TPSA) is 36.4 Å². The molecule has 1 aliphatic heterocycles. The van der Waals surface area contributed by atoms with Crippen LogP contribution in [-0.4, -0.2) is 23.2 Å². The van der Waals surface area contributed by atoms with Crippen molar-refractivity contribution >= 4 is 17.4 Å². The van der Waals surface area contributed by atoms with E-state index in [1.54, 1.807) is 6.20 Å². The van der Waals surface area contributed by atoms with Crippen LogP contribution in [-0.2, 0) is 6.61 Å². The third-order valence-corrected chi connectivity index (χ3v) is 4.71. The van der Waals surface area contributed by atoms with Gasteiger partial charge in [-0.3, -0.25) is 0 Å². The zero-order valence-corrected chi connectivity index (χ0v) is 13.5. The van der Waals surface area contributed by atoms with Crippen molar-refractivity contribution in [2.24, 2.45) is 11.3 Å². The summed E-state index contributed by atoms with van der Waals surface area (Å²) in [6, 6.07) is 1.92. The number of hydrogen-bond acceptors (Lipinski definition) is 3. The van der Waals surface area contributed by atoms with Crippen LogP contribution in [0, 0.1) is 11.3 Å². The molecule has 0 saturated carbocycles. The molecule has 3 nitrogen and oxygen atoms in total. The molecule has 0 aliphatic carbocycles. The monoisotopic (exact) mass is 296 g/mol. The number of aliphatic hydroxyl groups excluding tert-OH is 1. The van der Waals surface area contributed by atoms with Crippen molar-refractivity contribution in [3.8, 4) is 0 Å². The van der Waals surface area contributed by atoms with E-state index in [1.807, 2.05) is 6.07 Å². The molecule has 1 aromatic heterocycles. The molecule has 0 spiro atoms. The number of nitrogens with zero attached hydrogens (tertiary/aromatic N) is 2. The molecule has 1 N–H and O–H groups in total. The number of hydrogen-bond donors (Lipinski definition) is 1. The van der Waals surface area contributed by atoms with Gasteiger partial charge in [0.15, 0.2) is 0 Å². The standard InChI is InChI=1S/C16H25ClN2O/c1-16(2,3)13-5-4-7-19(8-6-13)15-9-12(11-20)14(17)10-18-15/h9-10,13,20H,4-8,11H2,1-3H3. The summed E-state index contributed by atoms with van der Waals surface area (Å²) < 4.78 is 0. The molecular formula is C16H25ClN2O. The number of aromatic nitrogens is 1. The zero-order valence-electron chi connectivity index (χ0n) is 12.7. The first kappa shape index (κ1) is 15.6. The van der Waals surface area contributed by atoms with Crippen LogP contribution in [0.15, 0.2) is 12.3 Å². The van der Waals surface area contributed by atoms with E-state index in [4.69, 9.17) is 11.6 Å². The van der Waals surface area contributed by atoms with Gasteiger partial charge in [0.1, 0.15) is 5.82 Å². The fourth-order valence-electron chi connectivity index (χ4n) is 2.95. The molecule has 1 aliphatic rings. The Morgan fingerprint density at radius 2 is 2.10 bits per heavy atom. The molecule has 1 fully saturated rings. The van der Waals surface area contributed by atoms with E-state index in [0.717, 1.165) is 30.4 Å². The van der Waals surface area contributed by atoms with E-state index in [0.29, 0.717) is 10.4 Å². The normalized spacial score (nSPS) is 20.9. The van der Waals surface area contributed by atoms with Crippen molar-refractivity contribution in [2.45, 2.75) is 46.6 Å². The zero-order chi connectivity index (χ0) is 14.8. The summed E-state index contributed by atoms with van der Waals surface area (Å²) in [6.07, 6.45) is 5.32. The fraction of sp³-hybridized carbons (Fsp3) is 0.688. The maximum Gasteiger partial charge on any atom is 0.128 e. The molecule has 1 atom stereocenters. The van der Waals surface area contributed by atoms with Gasteiger partial charge in [-0.05, 0) is 36.7 Å². The minimum Gasteiger partial charge on any atom is -0.392 e. The van der Waals surface area contributed by atoms with Gasteiger partial charge in [-0.2, -0.15) is 0 Å². The van der Waals surface area contributed by atoms with Gasteiger partial charge in [0.05, 0.1) is 11.6 Å². The lowest BCUT2D eigenvalue weighted by Gasteiger charge is -2.30. The highest BCUT2D eigenvalue weighted by molar-refractivity contribution is 6.31. The van der Waals surface area contributed by atoms with E-state index in [-0.39, 0.29) is 6.61 Å². The highest BCUT2D eigenvalue weighted by Gasteiger charge is 2.27. The molecule has 20 heavy (non-hydrogen) atoms. The molecule has 1 aromatic rings. The lowest BCUT2D eigenvalue weighted by molar-refractivity contribution is 0.220. The van der Waals surface area contributed by atoms with Gasteiger partial charge in [0.2, 0.25) is 0 Å². The largest absolute Gasteiger partial charge is 0.392 e. The summed E-state index contributed by atoms with van der Waals surface area (Å²) in [7, 11) is 0. The molecule has 0 radical (unpaired) electrons. The third-order valence-electron chi connectivity index (χ3n) is 4.37. The summed E-state index contributed by atoms with van der Waals surface area (Å²) in [5, 5.41) is 9.86. The maximum atomic E-state index is 9.31. The fourth-order valence-corrected chi connectivity index (χ4v) is 3.12. The Bertz CT molecular complexity index is 456. The van der Waals surface area contributed by atoms with Crippen LogP contribution in [0.5, 0.6) is 0 Å². The van der Waals surface area contributed by atoms with Crippen LogP contribution in [0.4, 0.5) is 5.82 Å². The minimum atomic E-state index is -0.0349. The highest BCUT2D eigenvalue weighted by atomic mass is 35.5. The molecule has 2 heterocycles. The van der Waals surface area contributed by atoms with Crippen molar-refractivity contribution in [1.82, 2.24) is 4.98 Å². The van der Waals surface area contributed by atoms with Crippen LogP contribution in [0.2, 0.25) is 5.02 Å². The van der Waals surface area contributed by atoms with E-state index < -0.39 is 0 Å². The summed E-state index contributed by atoms with van der Waals surface area (Å²) in [4.78, 5) is 6.74. The Kier molecular flexibility index (Phi) is 4.92. The number of anilines is 1. The van der Waals surface area contributed by atoms with Gasteiger partial charge in [0.25, 0.3) is 0 Å². The average Bonchev–Trinajstić information content (AvgIpc) is 2.64. The molecule has 1 saturated heterocycles. The highest BCUT2D eigenvalue weighted by Crippen LogP contribution is 2.35. The quantitative estimate of drug-likeness (QED) is 0.900. The predicted octanol–water partition coefficient (Wildman–Crippen LogP) is 3.88. The second-order valence-corrected chi connectivity index (χ2v) is 7.18. The number of aliphatic hydroxyl groups is 1. The summed E-state index contributed by atoms with van der Waals surface area (Å²) >= 11 is 6.01. The van der Waals surface area contributed by atoms with Gasteiger partial charge in [0, 0.05) is 24.8 Å². The van der Waals surface area contributed by atoms with E-state index in [1.165, 1.54) is 19.3 Å². The lowest BCUT2D eigenvalue weighted by atomic mass is 9.77. The average molecular weight is 297 g/mol. The Labute approximate surface area is 127 Å². The Morgan fingerprint density at radius 1 is 1.35 bits per heavy atom. The van der Waals surface area contributed by atoms with E-state index >= 15 is 0 Å². The Hall–Kier alpha value is -0.800. The number of halogens is 1. The first-order chi connectivity index (χ1) is 9.41. The SMILES string of the molecule is CC(C)(C)C1CCCN(c2cc(CO)c(Cl)cn2)CC1. The third kappa shape index (κ3) is 3.64. The van der Waals surface area contributed by atoms with Gasteiger partial charge in [-0.1, -0.05) is 32.4 Å². The van der Waals surface area contributed by atoms with E-state index in [9.17, 15) is 5.11 Å². The molecule has 0 bridgehead atoms. The molecule has 2 rings (SSSR count). The van der Waals surface area contributed by atoms with Crippen LogP contribution in [0.1, 0.15) is 45.6 Å². The number of pyridine rings is 1. The first-order valence-corrected chi connectivity index (χ1v) is 7.80. The molecule has 1 unspecified atom stereocenters. The first-order valence-electron chi connectivity index (χ1n) is 7.42. The predicted molar refractivity (Wildman–Crippen MR) is 84.2 cm³/mol. The van der Waals surface area contributed by atoms with Crippen molar-refractivity contribution in [1.29, 1.82) is 0 Å². The number of rotatable bonds is 2. The van der Waals surface area contributed by atoms with Gasteiger partial charge in [-0.15, -0.1) is 0 Å². The van der Waals surface area contributed by atoms with Crippen LogP contribution >= 0.6 is 11.6 Å². The Morgan fingerprint density at radius 3 is 2.75 bits per heavy atom. The summed E-state index contributed by atoms with van der Waals surface area (Å²) in [5.41, 5.74) is 1.13. The minimum absolute atomic E-state index is 0.0349. The molecule has 0 amide bonds. The van der Waals surface area contributed by atoms with Gasteiger partial charge < -0.3 is 10.0 Å². The van der Waals surface area contributed by atoms with Crippen molar-refractivity contribution in [2.75, 3.05) is 18.0 Å². The maximum absolute atomic E-state index is 9.31. The lowest BCUT2D eigenvalue weighted by Crippen LogP contribution is -2.26. The smallest absolute Gasteiger partial charge is 0.128 e. The summed E-state index contributed by atoms with van der Waals surface area (Å²) in [5.74, 6) is 1.70. The molecule has 112 valence electrons.